The molecule has 0 spiro atoms. The minimum absolute atomic E-state index is 0.203. The zero-order valence-electron chi connectivity index (χ0n) is 11.8. The standard InChI is InChI=1S/C15H20N2O3/c1-10(2)8-9-16-14(18)12-13(20-15(19)17-12)11-6-4-3-5-7-11/h3-7,10,12-13H,8-9H2,1-2H3,(H,16,18)(H,17,19). The second-order valence-corrected chi connectivity index (χ2v) is 5.33. The van der Waals surface area contributed by atoms with Crippen LogP contribution in [0.5, 0.6) is 0 Å². The molecule has 2 amide bonds. The fourth-order valence-corrected chi connectivity index (χ4v) is 2.12. The molecular weight excluding hydrogens is 256 g/mol. The van der Waals surface area contributed by atoms with Gasteiger partial charge in [0.15, 0.2) is 12.1 Å². The molecule has 1 heterocycles. The lowest BCUT2D eigenvalue weighted by Gasteiger charge is -2.17. The van der Waals surface area contributed by atoms with Crippen molar-refractivity contribution in [2.45, 2.75) is 32.4 Å². The maximum atomic E-state index is 12.2. The van der Waals surface area contributed by atoms with Crippen LogP contribution in [0.25, 0.3) is 0 Å². The van der Waals surface area contributed by atoms with Gasteiger partial charge in [0.05, 0.1) is 0 Å². The van der Waals surface area contributed by atoms with Crippen LogP contribution in [-0.4, -0.2) is 24.6 Å². The van der Waals surface area contributed by atoms with E-state index < -0.39 is 18.2 Å². The molecule has 0 bridgehead atoms. The van der Waals surface area contributed by atoms with Crippen LogP contribution in [0, 0.1) is 5.92 Å². The minimum atomic E-state index is -0.669. The Kier molecular flexibility index (Phi) is 4.61. The van der Waals surface area contributed by atoms with Crippen molar-refractivity contribution in [3.63, 3.8) is 0 Å². The van der Waals surface area contributed by atoms with Crippen LogP contribution >= 0.6 is 0 Å². The van der Waals surface area contributed by atoms with Gasteiger partial charge in [-0.3, -0.25) is 4.79 Å². The minimum Gasteiger partial charge on any atom is -0.439 e. The summed E-state index contributed by atoms with van der Waals surface area (Å²) < 4.78 is 5.20. The van der Waals surface area contributed by atoms with E-state index in [-0.39, 0.29) is 5.91 Å². The Hall–Kier alpha value is -2.04. The van der Waals surface area contributed by atoms with Gasteiger partial charge in [-0.25, -0.2) is 4.79 Å². The molecule has 0 radical (unpaired) electrons. The maximum Gasteiger partial charge on any atom is 0.408 e. The van der Waals surface area contributed by atoms with E-state index in [1.165, 1.54) is 0 Å². The Bertz CT molecular complexity index is 473. The Morgan fingerprint density at radius 1 is 1.35 bits per heavy atom. The zero-order chi connectivity index (χ0) is 14.5. The van der Waals surface area contributed by atoms with Crippen molar-refractivity contribution in [1.29, 1.82) is 0 Å². The highest BCUT2D eigenvalue weighted by atomic mass is 16.6. The van der Waals surface area contributed by atoms with Gasteiger partial charge in [0.1, 0.15) is 0 Å². The Balaban J connectivity index is 2.01. The number of nitrogens with one attached hydrogen (secondary N) is 2. The molecule has 1 aromatic rings. The van der Waals surface area contributed by atoms with E-state index in [0.29, 0.717) is 12.5 Å². The van der Waals surface area contributed by atoms with Crippen LogP contribution in [0.3, 0.4) is 0 Å². The molecule has 2 rings (SSSR count). The lowest BCUT2D eigenvalue weighted by Crippen LogP contribution is -2.44. The van der Waals surface area contributed by atoms with Crippen molar-refractivity contribution in [2.75, 3.05) is 6.54 Å². The summed E-state index contributed by atoms with van der Waals surface area (Å²) in [4.78, 5) is 23.6. The number of carbonyl (C=O) groups excluding carboxylic acids is 2. The number of rotatable bonds is 5. The molecule has 1 saturated heterocycles. The molecule has 5 nitrogen and oxygen atoms in total. The fourth-order valence-electron chi connectivity index (χ4n) is 2.12. The van der Waals surface area contributed by atoms with Crippen molar-refractivity contribution < 1.29 is 14.3 Å². The molecule has 1 fully saturated rings. The number of benzene rings is 1. The van der Waals surface area contributed by atoms with Gasteiger partial charge in [-0.2, -0.15) is 0 Å². The normalized spacial score (nSPS) is 21.4. The quantitative estimate of drug-likeness (QED) is 0.864. The molecule has 1 aromatic carbocycles. The average molecular weight is 276 g/mol. The molecule has 1 aliphatic rings. The third-order valence-electron chi connectivity index (χ3n) is 3.24. The highest BCUT2D eigenvalue weighted by molar-refractivity contribution is 5.88. The van der Waals surface area contributed by atoms with E-state index in [2.05, 4.69) is 24.5 Å². The van der Waals surface area contributed by atoms with E-state index >= 15 is 0 Å². The van der Waals surface area contributed by atoms with Crippen LogP contribution < -0.4 is 10.6 Å². The summed E-state index contributed by atoms with van der Waals surface area (Å²) in [7, 11) is 0. The number of alkyl carbamates (subject to hydrolysis) is 1. The number of ether oxygens (including phenoxy) is 1. The predicted molar refractivity (Wildman–Crippen MR) is 75.1 cm³/mol. The van der Waals surface area contributed by atoms with Gasteiger partial charge >= 0.3 is 6.09 Å². The van der Waals surface area contributed by atoms with E-state index in [9.17, 15) is 9.59 Å². The van der Waals surface area contributed by atoms with Gasteiger partial charge in [0.2, 0.25) is 5.91 Å². The van der Waals surface area contributed by atoms with Gasteiger partial charge in [-0.05, 0) is 17.9 Å². The third kappa shape index (κ3) is 3.50. The first kappa shape index (κ1) is 14.4. The summed E-state index contributed by atoms with van der Waals surface area (Å²) in [5.41, 5.74) is 0.815. The largest absolute Gasteiger partial charge is 0.439 e. The Labute approximate surface area is 118 Å². The van der Waals surface area contributed by atoms with Crippen molar-refractivity contribution >= 4 is 12.0 Å². The van der Waals surface area contributed by atoms with Crippen LogP contribution in [0.1, 0.15) is 31.9 Å². The number of hydrogen-bond acceptors (Lipinski definition) is 3. The van der Waals surface area contributed by atoms with E-state index in [1.54, 1.807) is 0 Å². The number of amides is 2. The predicted octanol–water partition coefficient (Wildman–Crippen LogP) is 2.00. The summed E-state index contributed by atoms with van der Waals surface area (Å²) in [6.07, 6.45) is -0.214. The van der Waals surface area contributed by atoms with Gasteiger partial charge < -0.3 is 15.4 Å². The van der Waals surface area contributed by atoms with E-state index in [4.69, 9.17) is 4.74 Å². The number of hydrogen-bond donors (Lipinski definition) is 2. The SMILES string of the molecule is CC(C)CCNC(=O)C1NC(=O)OC1c1ccccc1. The molecule has 0 aromatic heterocycles. The second-order valence-electron chi connectivity index (χ2n) is 5.33. The lowest BCUT2D eigenvalue weighted by atomic mass is 10.0. The third-order valence-corrected chi connectivity index (χ3v) is 3.24. The van der Waals surface area contributed by atoms with Crippen LogP contribution in [0.4, 0.5) is 4.79 Å². The molecule has 0 saturated carbocycles. The Morgan fingerprint density at radius 3 is 2.70 bits per heavy atom. The molecular formula is C15H20N2O3. The van der Waals surface area contributed by atoms with E-state index in [0.717, 1.165) is 12.0 Å². The molecule has 0 aliphatic carbocycles. The van der Waals surface area contributed by atoms with Crippen molar-refractivity contribution in [1.82, 2.24) is 10.6 Å². The first-order valence-corrected chi connectivity index (χ1v) is 6.87. The molecule has 2 atom stereocenters. The van der Waals surface area contributed by atoms with Gasteiger partial charge in [-0.1, -0.05) is 44.2 Å². The van der Waals surface area contributed by atoms with Gasteiger partial charge in [0.25, 0.3) is 0 Å². The highest BCUT2D eigenvalue weighted by Gasteiger charge is 2.39. The first-order valence-electron chi connectivity index (χ1n) is 6.87. The summed E-state index contributed by atoms with van der Waals surface area (Å²) in [6.45, 7) is 4.79. The van der Waals surface area contributed by atoms with Crippen LogP contribution in [0.2, 0.25) is 0 Å². The van der Waals surface area contributed by atoms with Crippen LogP contribution in [0.15, 0.2) is 30.3 Å². The van der Waals surface area contributed by atoms with Crippen molar-refractivity contribution in [3.8, 4) is 0 Å². The Morgan fingerprint density at radius 2 is 2.05 bits per heavy atom. The molecule has 108 valence electrons. The summed E-state index contributed by atoms with van der Waals surface area (Å²) in [5, 5.41) is 5.41. The van der Waals surface area contributed by atoms with Gasteiger partial charge in [0, 0.05) is 6.54 Å². The van der Waals surface area contributed by atoms with E-state index in [1.807, 2.05) is 30.3 Å². The van der Waals surface area contributed by atoms with Gasteiger partial charge in [-0.15, -0.1) is 0 Å². The van der Waals surface area contributed by atoms with Crippen LogP contribution in [-0.2, 0) is 9.53 Å². The highest BCUT2D eigenvalue weighted by Crippen LogP contribution is 2.26. The fraction of sp³-hybridized carbons (Fsp3) is 0.467. The second kappa shape index (κ2) is 6.41. The number of carbonyl (C=O) groups is 2. The average Bonchev–Trinajstić information content (AvgIpc) is 2.81. The topological polar surface area (TPSA) is 67.4 Å². The molecule has 5 heteroatoms. The van der Waals surface area contributed by atoms with Crippen molar-refractivity contribution in [2.24, 2.45) is 5.92 Å². The first-order chi connectivity index (χ1) is 9.58. The zero-order valence-corrected chi connectivity index (χ0v) is 11.8. The smallest absolute Gasteiger partial charge is 0.408 e. The summed E-state index contributed by atoms with van der Waals surface area (Å²) >= 11 is 0. The summed E-state index contributed by atoms with van der Waals surface area (Å²) in [5.74, 6) is 0.319. The molecule has 1 aliphatic heterocycles. The molecule has 20 heavy (non-hydrogen) atoms. The van der Waals surface area contributed by atoms with Crippen molar-refractivity contribution in [3.05, 3.63) is 35.9 Å². The summed E-state index contributed by atoms with van der Waals surface area (Å²) in [6, 6.07) is 8.62. The maximum absolute atomic E-state index is 12.2. The molecule has 2 unspecified atom stereocenters. The molecule has 2 N–H and O–H groups in total. The monoisotopic (exact) mass is 276 g/mol. The number of cyclic esters (lactones) is 1. The lowest BCUT2D eigenvalue weighted by molar-refractivity contribution is -0.124.